The van der Waals surface area contributed by atoms with Gasteiger partial charge in [0.25, 0.3) is 0 Å². The first-order valence-corrected chi connectivity index (χ1v) is 5.62. The number of para-hydroxylation sites is 1. The van der Waals surface area contributed by atoms with E-state index in [9.17, 15) is 0 Å². The third-order valence-electron chi connectivity index (χ3n) is 1.94. The lowest BCUT2D eigenvalue weighted by molar-refractivity contribution is -0.0508. The highest BCUT2D eigenvalue weighted by Crippen LogP contribution is 2.14. The largest absolute Gasteiger partial charge is 0.493 e. The summed E-state index contributed by atoms with van der Waals surface area (Å²) in [4.78, 5) is 0. The van der Waals surface area contributed by atoms with E-state index in [2.05, 4.69) is 13.8 Å². The fourth-order valence-corrected chi connectivity index (χ4v) is 1.11. The molecule has 0 bridgehead atoms. The molecule has 84 valence electrons. The molecule has 0 atom stereocenters. The van der Waals surface area contributed by atoms with E-state index < -0.39 is 0 Å². The molecule has 2 rings (SSSR count). The van der Waals surface area contributed by atoms with Crippen LogP contribution in [-0.4, -0.2) is 19.8 Å². The summed E-state index contributed by atoms with van der Waals surface area (Å²) in [6.45, 7) is 6.74. The van der Waals surface area contributed by atoms with Crippen LogP contribution in [0.25, 0.3) is 0 Å². The Morgan fingerprint density at radius 2 is 1.80 bits per heavy atom. The molecule has 0 unspecified atom stereocenters. The molecule has 0 radical (unpaired) electrons. The Morgan fingerprint density at radius 3 is 2.27 bits per heavy atom. The van der Waals surface area contributed by atoms with Crippen LogP contribution in [0, 0.1) is 5.92 Å². The third kappa shape index (κ3) is 4.84. The van der Waals surface area contributed by atoms with E-state index in [4.69, 9.17) is 9.47 Å². The van der Waals surface area contributed by atoms with Gasteiger partial charge >= 0.3 is 0 Å². The average Bonchev–Trinajstić information content (AvgIpc) is 2.18. The van der Waals surface area contributed by atoms with Crippen molar-refractivity contribution in [3.8, 4) is 5.75 Å². The normalized spacial score (nSPS) is 14.8. The molecule has 1 aromatic carbocycles. The minimum atomic E-state index is 0.602. The number of hydrogen-bond acceptors (Lipinski definition) is 2. The predicted octanol–water partition coefficient (Wildman–Crippen LogP) is 3.13. The number of benzene rings is 1. The zero-order valence-corrected chi connectivity index (χ0v) is 9.61. The van der Waals surface area contributed by atoms with Crippen LogP contribution >= 0.6 is 0 Å². The quantitative estimate of drug-likeness (QED) is 0.759. The maximum atomic E-state index is 5.53. The van der Waals surface area contributed by atoms with Gasteiger partial charge < -0.3 is 9.47 Å². The van der Waals surface area contributed by atoms with Crippen LogP contribution in [0.4, 0.5) is 0 Å². The van der Waals surface area contributed by atoms with Crippen LogP contribution < -0.4 is 4.74 Å². The fourth-order valence-electron chi connectivity index (χ4n) is 1.11. The van der Waals surface area contributed by atoms with Gasteiger partial charge in [-0.3, -0.25) is 0 Å². The van der Waals surface area contributed by atoms with Gasteiger partial charge in [0.15, 0.2) is 0 Å². The maximum absolute atomic E-state index is 5.53. The van der Waals surface area contributed by atoms with Gasteiger partial charge in [-0.1, -0.05) is 38.5 Å². The van der Waals surface area contributed by atoms with Crippen molar-refractivity contribution in [2.75, 3.05) is 19.8 Å². The van der Waals surface area contributed by atoms with Gasteiger partial charge in [-0.15, -0.1) is 0 Å². The van der Waals surface area contributed by atoms with Crippen molar-refractivity contribution in [1.82, 2.24) is 0 Å². The molecule has 2 heteroatoms. The molecule has 1 aliphatic heterocycles. The Labute approximate surface area is 92.2 Å². The smallest absolute Gasteiger partial charge is 0.119 e. The van der Waals surface area contributed by atoms with Gasteiger partial charge in [0, 0.05) is 5.92 Å². The Bertz CT molecular complexity index is 242. The molecule has 15 heavy (non-hydrogen) atoms. The van der Waals surface area contributed by atoms with Crippen LogP contribution in [0.5, 0.6) is 5.75 Å². The Hall–Kier alpha value is -1.02. The Kier molecular flexibility index (Phi) is 5.86. The van der Waals surface area contributed by atoms with Crippen molar-refractivity contribution >= 4 is 0 Å². The van der Waals surface area contributed by atoms with Crippen LogP contribution in [0.1, 0.15) is 20.3 Å². The Morgan fingerprint density at radius 1 is 1.20 bits per heavy atom. The first kappa shape index (κ1) is 12.1. The third-order valence-corrected chi connectivity index (χ3v) is 1.94. The van der Waals surface area contributed by atoms with Gasteiger partial charge in [0.2, 0.25) is 0 Å². The average molecular weight is 208 g/mol. The van der Waals surface area contributed by atoms with E-state index in [0.29, 0.717) is 5.92 Å². The van der Waals surface area contributed by atoms with E-state index in [1.54, 1.807) is 0 Å². The van der Waals surface area contributed by atoms with Gasteiger partial charge in [-0.2, -0.15) is 0 Å². The molecule has 1 aromatic rings. The van der Waals surface area contributed by atoms with Crippen molar-refractivity contribution in [3.63, 3.8) is 0 Å². The summed E-state index contributed by atoms with van der Waals surface area (Å²) >= 11 is 0. The first-order chi connectivity index (χ1) is 7.36. The molecule has 0 aromatic heterocycles. The standard InChI is InChI=1S/C10H12O2.C3H8/c1-2-4-10(5-3-1)12-8-9-6-11-7-9;1-3-2/h1-5,9H,6-8H2;3H2,1-2H3. The minimum absolute atomic E-state index is 0.602. The molecule has 0 spiro atoms. The van der Waals surface area contributed by atoms with E-state index in [1.807, 2.05) is 30.3 Å². The van der Waals surface area contributed by atoms with Crippen molar-refractivity contribution in [2.24, 2.45) is 5.92 Å². The summed E-state index contributed by atoms with van der Waals surface area (Å²) in [5, 5.41) is 0. The molecule has 1 saturated heterocycles. The van der Waals surface area contributed by atoms with Crippen molar-refractivity contribution in [2.45, 2.75) is 20.3 Å². The number of rotatable bonds is 3. The highest BCUT2D eigenvalue weighted by molar-refractivity contribution is 5.20. The lowest BCUT2D eigenvalue weighted by Crippen LogP contribution is -2.32. The summed E-state index contributed by atoms with van der Waals surface area (Å²) in [6, 6.07) is 9.89. The second-order valence-electron chi connectivity index (χ2n) is 3.73. The molecule has 0 saturated carbocycles. The molecule has 1 fully saturated rings. The molecular formula is C13H20O2. The van der Waals surface area contributed by atoms with Crippen LogP contribution in [0.3, 0.4) is 0 Å². The van der Waals surface area contributed by atoms with Gasteiger partial charge in [-0.05, 0) is 12.1 Å². The van der Waals surface area contributed by atoms with Gasteiger partial charge in [0.05, 0.1) is 19.8 Å². The summed E-state index contributed by atoms with van der Waals surface area (Å²) < 4.78 is 10.6. The van der Waals surface area contributed by atoms with Crippen LogP contribution in [-0.2, 0) is 4.74 Å². The zero-order chi connectivity index (χ0) is 10.9. The first-order valence-electron chi connectivity index (χ1n) is 5.62. The van der Waals surface area contributed by atoms with E-state index in [0.717, 1.165) is 25.6 Å². The van der Waals surface area contributed by atoms with Gasteiger partial charge in [0.1, 0.15) is 5.75 Å². The van der Waals surface area contributed by atoms with E-state index in [1.165, 1.54) is 6.42 Å². The summed E-state index contributed by atoms with van der Waals surface area (Å²) in [6.07, 6.45) is 1.25. The molecule has 0 aliphatic carbocycles. The highest BCUT2D eigenvalue weighted by Gasteiger charge is 2.18. The monoisotopic (exact) mass is 208 g/mol. The second-order valence-corrected chi connectivity index (χ2v) is 3.73. The van der Waals surface area contributed by atoms with E-state index in [-0.39, 0.29) is 0 Å². The van der Waals surface area contributed by atoms with Crippen molar-refractivity contribution in [3.05, 3.63) is 30.3 Å². The topological polar surface area (TPSA) is 18.5 Å². The summed E-state index contributed by atoms with van der Waals surface area (Å²) in [5.41, 5.74) is 0. The maximum Gasteiger partial charge on any atom is 0.119 e. The van der Waals surface area contributed by atoms with Crippen molar-refractivity contribution < 1.29 is 9.47 Å². The lowest BCUT2D eigenvalue weighted by atomic mass is 10.1. The number of hydrogen-bond donors (Lipinski definition) is 0. The molecule has 1 heterocycles. The van der Waals surface area contributed by atoms with Crippen molar-refractivity contribution in [1.29, 1.82) is 0 Å². The molecular weight excluding hydrogens is 188 g/mol. The predicted molar refractivity (Wildman–Crippen MR) is 62.2 cm³/mol. The van der Waals surface area contributed by atoms with Gasteiger partial charge in [-0.25, -0.2) is 0 Å². The van der Waals surface area contributed by atoms with Crippen LogP contribution in [0.2, 0.25) is 0 Å². The zero-order valence-electron chi connectivity index (χ0n) is 9.61. The SMILES string of the molecule is CCC.c1ccc(OCC2COC2)cc1. The molecule has 2 nitrogen and oxygen atoms in total. The summed E-state index contributed by atoms with van der Waals surface area (Å²) in [7, 11) is 0. The minimum Gasteiger partial charge on any atom is -0.493 e. The molecule has 1 aliphatic rings. The molecule has 0 amide bonds. The molecule has 0 N–H and O–H groups in total. The highest BCUT2D eigenvalue weighted by atomic mass is 16.5. The summed E-state index contributed by atoms with van der Waals surface area (Å²) in [5.74, 6) is 1.55. The fraction of sp³-hybridized carbons (Fsp3) is 0.538. The Balaban J connectivity index is 0.000000337. The van der Waals surface area contributed by atoms with E-state index >= 15 is 0 Å². The lowest BCUT2D eigenvalue weighted by Gasteiger charge is -2.25. The second kappa shape index (κ2) is 7.30. The number of ether oxygens (including phenoxy) is 2. The van der Waals surface area contributed by atoms with Crippen LogP contribution in [0.15, 0.2) is 30.3 Å².